The number of halogens is 1. The zero-order valence-corrected chi connectivity index (χ0v) is 15.8. The van der Waals surface area contributed by atoms with Crippen LogP contribution < -0.4 is 0 Å². The van der Waals surface area contributed by atoms with E-state index in [1.54, 1.807) is 35.2 Å². The fourth-order valence-electron chi connectivity index (χ4n) is 3.06. The van der Waals surface area contributed by atoms with E-state index < -0.39 is 12.1 Å². The van der Waals surface area contributed by atoms with E-state index in [4.69, 9.17) is 16.3 Å². The van der Waals surface area contributed by atoms with Gasteiger partial charge in [0.1, 0.15) is 0 Å². The molecule has 4 nitrogen and oxygen atoms in total. The van der Waals surface area contributed by atoms with Gasteiger partial charge in [-0.15, -0.1) is 0 Å². The van der Waals surface area contributed by atoms with E-state index >= 15 is 0 Å². The highest BCUT2D eigenvalue weighted by Crippen LogP contribution is 2.23. The number of hydrogen-bond acceptors (Lipinski definition) is 3. The zero-order chi connectivity index (χ0) is 19.1. The summed E-state index contributed by atoms with van der Waals surface area (Å²) in [7, 11) is 0. The number of piperidine rings is 1. The SMILES string of the molecule is O=C(/C=C/c1ccc(Cl)cc1)O[C@@H](C(=O)N1CCCCC1)c1ccccc1. The molecule has 1 aliphatic rings. The summed E-state index contributed by atoms with van der Waals surface area (Å²) in [4.78, 5) is 27.1. The smallest absolute Gasteiger partial charge is 0.331 e. The molecule has 0 aromatic heterocycles. The van der Waals surface area contributed by atoms with Crippen LogP contribution in [-0.4, -0.2) is 29.9 Å². The molecule has 1 saturated heterocycles. The molecule has 27 heavy (non-hydrogen) atoms. The fourth-order valence-corrected chi connectivity index (χ4v) is 3.19. The Labute approximate surface area is 164 Å². The number of carbonyl (C=O) groups is 2. The van der Waals surface area contributed by atoms with Crippen LogP contribution in [0.2, 0.25) is 5.02 Å². The van der Waals surface area contributed by atoms with Gasteiger partial charge in [0.15, 0.2) is 0 Å². The van der Waals surface area contributed by atoms with Gasteiger partial charge >= 0.3 is 5.97 Å². The van der Waals surface area contributed by atoms with E-state index in [2.05, 4.69) is 0 Å². The molecule has 0 saturated carbocycles. The van der Waals surface area contributed by atoms with Gasteiger partial charge in [0.2, 0.25) is 6.10 Å². The number of ether oxygens (including phenoxy) is 1. The van der Waals surface area contributed by atoms with Crippen molar-refractivity contribution >= 4 is 29.6 Å². The highest BCUT2D eigenvalue weighted by atomic mass is 35.5. The molecule has 1 fully saturated rings. The number of nitrogens with zero attached hydrogens (tertiary/aromatic N) is 1. The fraction of sp³-hybridized carbons (Fsp3) is 0.273. The Balaban J connectivity index is 1.73. The van der Waals surface area contributed by atoms with Crippen molar-refractivity contribution < 1.29 is 14.3 Å². The van der Waals surface area contributed by atoms with E-state index in [0.29, 0.717) is 23.7 Å². The summed E-state index contributed by atoms with van der Waals surface area (Å²) in [6, 6.07) is 16.3. The minimum atomic E-state index is -0.924. The number of carbonyl (C=O) groups excluding carboxylic acids is 2. The Bertz CT molecular complexity index is 796. The maximum Gasteiger partial charge on any atom is 0.331 e. The first kappa shape index (κ1) is 19.2. The van der Waals surface area contributed by atoms with Gasteiger partial charge in [-0.3, -0.25) is 4.79 Å². The number of likely N-dealkylation sites (tertiary alicyclic amines) is 1. The first-order chi connectivity index (χ1) is 13.1. The molecule has 3 rings (SSSR count). The Morgan fingerprint density at radius 2 is 1.63 bits per heavy atom. The van der Waals surface area contributed by atoms with Gasteiger partial charge in [-0.25, -0.2) is 4.79 Å². The van der Waals surface area contributed by atoms with Crippen LogP contribution in [0.5, 0.6) is 0 Å². The van der Waals surface area contributed by atoms with Gasteiger partial charge in [0, 0.05) is 29.8 Å². The highest BCUT2D eigenvalue weighted by Gasteiger charge is 2.29. The number of amides is 1. The minimum Gasteiger partial charge on any atom is -0.444 e. The molecule has 2 aromatic carbocycles. The van der Waals surface area contributed by atoms with Crippen LogP contribution in [0, 0.1) is 0 Å². The lowest BCUT2D eigenvalue weighted by atomic mass is 10.1. The Morgan fingerprint density at radius 3 is 2.30 bits per heavy atom. The van der Waals surface area contributed by atoms with E-state index in [9.17, 15) is 9.59 Å². The molecular formula is C22H22ClNO3. The van der Waals surface area contributed by atoms with Crippen LogP contribution in [-0.2, 0) is 14.3 Å². The molecule has 0 aliphatic carbocycles. The predicted molar refractivity (Wildman–Crippen MR) is 106 cm³/mol. The Morgan fingerprint density at radius 1 is 0.963 bits per heavy atom. The summed E-state index contributed by atoms with van der Waals surface area (Å²) in [5, 5.41) is 0.631. The third-order valence-electron chi connectivity index (χ3n) is 4.51. The van der Waals surface area contributed by atoms with Crippen molar-refractivity contribution in [1.82, 2.24) is 4.90 Å². The van der Waals surface area contributed by atoms with Gasteiger partial charge < -0.3 is 9.64 Å². The lowest BCUT2D eigenvalue weighted by Crippen LogP contribution is -2.40. The monoisotopic (exact) mass is 383 g/mol. The Hall–Kier alpha value is -2.59. The summed E-state index contributed by atoms with van der Waals surface area (Å²) in [6.07, 6.45) is 5.15. The van der Waals surface area contributed by atoms with Gasteiger partial charge in [0.05, 0.1) is 0 Å². The van der Waals surface area contributed by atoms with Gasteiger partial charge in [-0.05, 0) is 43.0 Å². The molecule has 140 valence electrons. The van der Waals surface area contributed by atoms with Crippen molar-refractivity contribution in [2.24, 2.45) is 0 Å². The standard InChI is InChI=1S/C22H22ClNO3/c23-19-12-9-17(10-13-19)11-14-20(25)27-21(18-7-3-1-4-8-18)22(26)24-15-5-2-6-16-24/h1,3-4,7-14,21H,2,5-6,15-16H2/b14-11+/t21-/m1/s1. The Kier molecular flexibility index (Phi) is 6.66. The van der Waals surface area contributed by atoms with E-state index in [0.717, 1.165) is 24.8 Å². The van der Waals surface area contributed by atoms with Crippen molar-refractivity contribution in [3.63, 3.8) is 0 Å². The average molecular weight is 384 g/mol. The normalized spacial score (nSPS) is 15.5. The maximum absolute atomic E-state index is 13.0. The van der Waals surface area contributed by atoms with Gasteiger partial charge in [0.25, 0.3) is 5.91 Å². The summed E-state index contributed by atoms with van der Waals surface area (Å²) >= 11 is 5.86. The van der Waals surface area contributed by atoms with Crippen LogP contribution in [0.1, 0.15) is 36.5 Å². The van der Waals surface area contributed by atoms with Crippen molar-refractivity contribution in [2.75, 3.05) is 13.1 Å². The molecule has 2 aromatic rings. The molecule has 0 spiro atoms. The number of esters is 1. The number of hydrogen-bond donors (Lipinski definition) is 0. The minimum absolute atomic E-state index is 0.158. The molecule has 0 N–H and O–H groups in total. The van der Waals surface area contributed by atoms with E-state index in [1.807, 2.05) is 30.3 Å². The number of rotatable bonds is 5. The lowest BCUT2D eigenvalue weighted by molar-refractivity contribution is -0.157. The highest BCUT2D eigenvalue weighted by molar-refractivity contribution is 6.30. The third-order valence-corrected chi connectivity index (χ3v) is 4.76. The largest absolute Gasteiger partial charge is 0.444 e. The van der Waals surface area contributed by atoms with Crippen molar-refractivity contribution in [3.05, 3.63) is 76.8 Å². The molecule has 1 amide bonds. The summed E-state index contributed by atoms with van der Waals surface area (Å²) in [6.45, 7) is 1.42. The summed E-state index contributed by atoms with van der Waals surface area (Å²) in [5.74, 6) is -0.710. The van der Waals surface area contributed by atoms with Crippen LogP contribution in [0.3, 0.4) is 0 Å². The average Bonchev–Trinajstić information content (AvgIpc) is 2.72. The first-order valence-electron chi connectivity index (χ1n) is 9.11. The molecule has 0 radical (unpaired) electrons. The van der Waals surface area contributed by atoms with Gasteiger partial charge in [-0.2, -0.15) is 0 Å². The second kappa shape index (κ2) is 9.38. The van der Waals surface area contributed by atoms with Crippen LogP contribution in [0.15, 0.2) is 60.7 Å². The quantitative estimate of drug-likeness (QED) is 0.557. The topological polar surface area (TPSA) is 46.6 Å². The second-order valence-corrected chi connectivity index (χ2v) is 6.93. The lowest BCUT2D eigenvalue weighted by Gasteiger charge is -2.30. The van der Waals surface area contributed by atoms with Crippen LogP contribution in [0.25, 0.3) is 6.08 Å². The summed E-state index contributed by atoms with van der Waals surface area (Å²) < 4.78 is 5.55. The molecule has 5 heteroatoms. The predicted octanol–water partition coefficient (Wildman–Crippen LogP) is 4.65. The van der Waals surface area contributed by atoms with Gasteiger partial charge in [-0.1, -0.05) is 54.1 Å². The van der Waals surface area contributed by atoms with E-state index in [-0.39, 0.29) is 5.91 Å². The number of benzene rings is 2. The first-order valence-corrected chi connectivity index (χ1v) is 9.49. The van der Waals surface area contributed by atoms with Crippen molar-refractivity contribution in [2.45, 2.75) is 25.4 Å². The molecule has 0 unspecified atom stereocenters. The summed E-state index contributed by atoms with van der Waals surface area (Å²) in [5.41, 5.74) is 1.51. The van der Waals surface area contributed by atoms with Crippen molar-refractivity contribution in [3.8, 4) is 0 Å². The van der Waals surface area contributed by atoms with Crippen molar-refractivity contribution in [1.29, 1.82) is 0 Å². The molecule has 1 atom stereocenters. The zero-order valence-electron chi connectivity index (χ0n) is 15.0. The molecule has 1 aliphatic heterocycles. The van der Waals surface area contributed by atoms with Crippen LogP contribution in [0.4, 0.5) is 0 Å². The van der Waals surface area contributed by atoms with E-state index in [1.165, 1.54) is 6.08 Å². The maximum atomic E-state index is 13.0. The molecule has 0 bridgehead atoms. The molecular weight excluding hydrogens is 362 g/mol. The third kappa shape index (κ3) is 5.44. The molecule has 1 heterocycles. The van der Waals surface area contributed by atoms with Crippen LogP contribution >= 0.6 is 11.6 Å². The second-order valence-electron chi connectivity index (χ2n) is 6.50.